The summed E-state index contributed by atoms with van der Waals surface area (Å²) in [6, 6.07) is 0.418. The van der Waals surface area contributed by atoms with E-state index in [1.54, 1.807) is 0 Å². The van der Waals surface area contributed by atoms with Crippen molar-refractivity contribution in [2.24, 2.45) is 22.9 Å². The van der Waals surface area contributed by atoms with E-state index in [9.17, 15) is 9.59 Å². The smallest absolute Gasteiger partial charge is 0.217 e. The maximum absolute atomic E-state index is 10.4. The highest BCUT2D eigenvalue weighted by molar-refractivity contribution is 5.73. The molecule has 0 bridgehead atoms. The van der Waals surface area contributed by atoms with Crippen LogP contribution in [0.15, 0.2) is 0 Å². The zero-order valence-corrected chi connectivity index (χ0v) is 14.7. The van der Waals surface area contributed by atoms with E-state index in [1.807, 2.05) is 0 Å². The third kappa shape index (κ3) is 15.5. The summed E-state index contributed by atoms with van der Waals surface area (Å²) in [5.74, 6) is -0.447. The van der Waals surface area contributed by atoms with Crippen molar-refractivity contribution in [3.05, 3.63) is 0 Å². The summed E-state index contributed by atoms with van der Waals surface area (Å²) in [7, 11) is 0. The molecule has 0 aromatic carbocycles. The van der Waals surface area contributed by atoms with E-state index >= 15 is 0 Å². The minimum Gasteiger partial charge on any atom is -0.370 e. The highest BCUT2D eigenvalue weighted by Gasteiger charge is 2.24. The highest BCUT2D eigenvalue weighted by Crippen LogP contribution is 2.24. The van der Waals surface area contributed by atoms with E-state index in [-0.39, 0.29) is 17.4 Å². The number of carbonyl (C=O) groups is 2. The Bertz CT molecular complexity index is 315. The number of carbonyl (C=O) groups excluding carboxylic acids is 2. The van der Waals surface area contributed by atoms with E-state index in [1.165, 1.54) is 0 Å². The van der Waals surface area contributed by atoms with Crippen molar-refractivity contribution in [1.29, 1.82) is 0 Å². The number of hydrogen-bond acceptors (Lipinski definition) is 4. The predicted molar refractivity (Wildman–Crippen MR) is 94.4 cm³/mol. The van der Waals surface area contributed by atoms with Gasteiger partial charge < -0.3 is 22.9 Å². The largest absolute Gasteiger partial charge is 0.370 e. The minimum atomic E-state index is -0.223. The molecule has 1 aliphatic carbocycles. The Morgan fingerprint density at radius 2 is 1.22 bits per heavy atom. The topological polar surface area (TPSA) is 138 Å². The molecule has 0 spiro atoms. The van der Waals surface area contributed by atoms with Crippen molar-refractivity contribution in [3.63, 3.8) is 0 Å². The molecule has 0 aliphatic heterocycles. The van der Waals surface area contributed by atoms with E-state index in [0.29, 0.717) is 18.9 Å². The monoisotopic (exact) mass is 328 g/mol. The number of unbranched alkanes of at least 4 members (excludes halogenated alkanes) is 5. The Morgan fingerprint density at radius 1 is 0.870 bits per heavy atom. The average Bonchev–Trinajstić information content (AvgIpc) is 2.45. The van der Waals surface area contributed by atoms with Crippen LogP contribution in [0.4, 0.5) is 0 Å². The van der Waals surface area contributed by atoms with Gasteiger partial charge >= 0.3 is 0 Å². The summed E-state index contributed by atoms with van der Waals surface area (Å²) in [4.78, 5) is 20.8. The van der Waals surface area contributed by atoms with Gasteiger partial charge in [-0.05, 0) is 45.4 Å². The molecule has 0 radical (unpaired) electrons. The molecule has 6 nitrogen and oxygen atoms in total. The van der Waals surface area contributed by atoms with Crippen LogP contribution in [0, 0.1) is 0 Å². The molecule has 0 heterocycles. The van der Waals surface area contributed by atoms with E-state index in [2.05, 4.69) is 6.92 Å². The number of primary amides is 2. The van der Waals surface area contributed by atoms with Gasteiger partial charge in [0.15, 0.2) is 0 Å². The second kappa shape index (κ2) is 12.3. The second-order valence-electron chi connectivity index (χ2n) is 7.05. The summed E-state index contributed by atoms with van der Waals surface area (Å²) in [5, 5.41) is 0. The Labute approximate surface area is 140 Å². The molecule has 2 amide bonds. The molecule has 0 saturated heterocycles. The van der Waals surface area contributed by atoms with Crippen molar-refractivity contribution in [1.82, 2.24) is 0 Å². The minimum absolute atomic E-state index is 0.0792. The first-order valence-electron chi connectivity index (χ1n) is 8.84. The van der Waals surface area contributed by atoms with Crippen LogP contribution in [0.1, 0.15) is 84.0 Å². The van der Waals surface area contributed by atoms with E-state index in [0.717, 1.165) is 64.2 Å². The fraction of sp³-hybridized carbons (Fsp3) is 0.882. The van der Waals surface area contributed by atoms with Crippen molar-refractivity contribution >= 4 is 11.8 Å². The molecule has 0 aromatic rings. The van der Waals surface area contributed by atoms with Crippen LogP contribution >= 0.6 is 0 Å². The van der Waals surface area contributed by atoms with Gasteiger partial charge in [0.05, 0.1) is 0 Å². The lowest BCUT2D eigenvalue weighted by atomic mass is 9.82. The summed E-state index contributed by atoms with van der Waals surface area (Å²) in [5.41, 5.74) is 21.7. The Morgan fingerprint density at radius 3 is 1.52 bits per heavy atom. The van der Waals surface area contributed by atoms with Gasteiger partial charge in [0, 0.05) is 24.4 Å². The molecule has 0 unspecified atom stereocenters. The average molecular weight is 329 g/mol. The lowest BCUT2D eigenvalue weighted by Crippen LogP contribution is -2.43. The lowest BCUT2D eigenvalue weighted by Gasteiger charge is -2.32. The lowest BCUT2D eigenvalue weighted by molar-refractivity contribution is -0.119. The highest BCUT2D eigenvalue weighted by atomic mass is 16.1. The fourth-order valence-corrected chi connectivity index (χ4v) is 2.61. The zero-order valence-electron chi connectivity index (χ0n) is 14.7. The molecule has 8 N–H and O–H groups in total. The molecular weight excluding hydrogens is 292 g/mol. The fourth-order valence-electron chi connectivity index (χ4n) is 2.61. The van der Waals surface area contributed by atoms with Crippen LogP contribution in [0.2, 0.25) is 0 Å². The van der Waals surface area contributed by atoms with Gasteiger partial charge in [-0.25, -0.2) is 0 Å². The summed E-state index contributed by atoms with van der Waals surface area (Å²) in [6.07, 6.45) is 11.4. The van der Waals surface area contributed by atoms with Gasteiger partial charge in [-0.15, -0.1) is 0 Å². The summed E-state index contributed by atoms with van der Waals surface area (Å²) >= 11 is 0. The molecule has 0 aromatic heterocycles. The van der Waals surface area contributed by atoms with E-state index < -0.39 is 0 Å². The van der Waals surface area contributed by atoms with Gasteiger partial charge in [0.25, 0.3) is 0 Å². The maximum Gasteiger partial charge on any atom is 0.217 e. The van der Waals surface area contributed by atoms with Crippen LogP contribution in [0.3, 0.4) is 0 Å². The molecule has 23 heavy (non-hydrogen) atoms. The predicted octanol–water partition coefficient (Wildman–Crippen LogP) is 1.68. The normalized spacial score (nSPS) is 23.7. The Balaban J connectivity index is 0.000000459. The number of amides is 2. The Hall–Kier alpha value is -1.14. The first-order chi connectivity index (χ1) is 10.7. The van der Waals surface area contributed by atoms with Crippen molar-refractivity contribution in [3.8, 4) is 0 Å². The standard InChI is InChI=1S/C10H20N2O2.C7H16N2/c11-9(13)7-5-3-1-2-4-6-8-10(12)14;1-7(9)4-2-6(8)3-5-7/h1-8H2,(H2,11,13)(H2,12,14);6H,2-5,8-9H2,1H3. The van der Waals surface area contributed by atoms with Crippen LogP contribution in [0.25, 0.3) is 0 Å². The molecular formula is C17H36N4O2. The van der Waals surface area contributed by atoms with Gasteiger partial charge in [-0.1, -0.05) is 25.7 Å². The number of nitrogens with two attached hydrogens (primary N) is 4. The van der Waals surface area contributed by atoms with Gasteiger partial charge in [0.1, 0.15) is 0 Å². The SMILES string of the molecule is CC1(N)CCC(N)CC1.NC(=O)CCCCCCCCC(N)=O. The van der Waals surface area contributed by atoms with E-state index in [4.69, 9.17) is 22.9 Å². The molecule has 6 heteroatoms. The van der Waals surface area contributed by atoms with Gasteiger partial charge in [-0.2, -0.15) is 0 Å². The molecule has 1 fully saturated rings. The molecule has 136 valence electrons. The third-order valence-corrected chi connectivity index (χ3v) is 4.27. The van der Waals surface area contributed by atoms with Gasteiger partial charge in [0.2, 0.25) is 11.8 Å². The maximum atomic E-state index is 10.4. The van der Waals surface area contributed by atoms with Crippen molar-refractivity contribution in [2.75, 3.05) is 0 Å². The second-order valence-corrected chi connectivity index (χ2v) is 7.05. The van der Waals surface area contributed by atoms with Gasteiger partial charge in [-0.3, -0.25) is 9.59 Å². The first kappa shape index (κ1) is 21.9. The van der Waals surface area contributed by atoms with Crippen LogP contribution in [-0.4, -0.2) is 23.4 Å². The van der Waals surface area contributed by atoms with Crippen LogP contribution < -0.4 is 22.9 Å². The van der Waals surface area contributed by atoms with Crippen molar-refractivity contribution in [2.45, 2.75) is 95.6 Å². The molecule has 1 rings (SSSR count). The first-order valence-corrected chi connectivity index (χ1v) is 8.84. The summed E-state index contributed by atoms with van der Waals surface area (Å²) in [6.45, 7) is 2.11. The van der Waals surface area contributed by atoms with Crippen LogP contribution in [0.5, 0.6) is 0 Å². The molecule has 0 atom stereocenters. The third-order valence-electron chi connectivity index (χ3n) is 4.27. The quantitative estimate of drug-likeness (QED) is 0.478. The van der Waals surface area contributed by atoms with Crippen molar-refractivity contribution < 1.29 is 9.59 Å². The van der Waals surface area contributed by atoms with Crippen LogP contribution in [-0.2, 0) is 9.59 Å². The Kier molecular flexibility index (Phi) is 11.7. The molecule has 1 saturated carbocycles. The molecule has 1 aliphatic rings. The summed E-state index contributed by atoms with van der Waals surface area (Å²) < 4.78 is 0. The zero-order chi connectivity index (χ0) is 17.7. The number of rotatable bonds is 9. The number of hydrogen-bond donors (Lipinski definition) is 4.